The number of carbonyl (C=O) groups excluding carboxylic acids is 1. The normalized spacial score (nSPS) is 13.2. The molecule has 0 bridgehead atoms. The summed E-state index contributed by atoms with van der Waals surface area (Å²) in [6.45, 7) is 13.7. The molecule has 1 atom stereocenters. The van der Waals surface area contributed by atoms with Crippen LogP contribution in [0.5, 0.6) is 0 Å². The third kappa shape index (κ3) is 7.49. The van der Waals surface area contributed by atoms with Crippen molar-refractivity contribution in [3.8, 4) is 0 Å². The van der Waals surface area contributed by atoms with Crippen LogP contribution < -0.4 is 0 Å². The SMILES string of the molecule is C=C(C)C(=O)OC(C)(C)OCC(CC)CCCC. The van der Waals surface area contributed by atoms with E-state index in [9.17, 15) is 4.79 Å². The van der Waals surface area contributed by atoms with Crippen molar-refractivity contribution in [3.05, 3.63) is 12.2 Å². The van der Waals surface area contributed by atoms with Crippen molar-refractivity contribution in [3.63, 3.8) is 0 Å². The first kappa shape index (κ1) is 17.2. The second kappa shape index (κ2) is 8.30. The van der Waals surface area contributed by atoms with Gasteiger partial charge in [0.1, 0.15) is 0 Å². The van der Waals surface area contributed by atoms with Crippen molar-refractivity contribution in [2.24, 2.45) is 5.92 Å². The van der Waals surface area contributed by atoms with Crippen molar-refractivity contribution >= 4 is 5.97 Å². The number of hydrogen-bond donors (Lipinski definition) is 0. The summed E-state index contributed by atoms with van der Waals surface area (Å²) >= 11 is 0. The van der Waals surface area contributed by atoms with Crippen LogP contribution in [0.15, 0.2) is 12.2 Å². The summed E-state index contributed by atoms with van der Waals surface area (Å²) in [6, 6.07) is 0. The molecule has 0 fully saturated rings. The molecular weight excluding hydrogens is 228 g/mol. The Morgan fingerprint density at radius 2 is 1.94 bits per heavy atom. The Hall–Kier alpha value is -0.830. The second-order valence-electron chi connectivity index (χ2n) is 5.30. The van der Waals surface area contributed by atoms with Gasteiger partial charge in [0.25, 0.3) is 0 Å². The van der Waals surface area contributed by atoms with Crippen molar-refractivity contribution < 1.29 is 14.3 Å². The lowest BCUT2D eigenvalue weighted by Gasteiger charge is -2.27. The molecule has 0 rings (SSSR count). The molecule has 0 saturated heterocycles. The number of carbonyl (C=O) groups is 1. The van der Waals surface area contributed by atoms with Gasteiger partial charge in [-0.2, -0.15) is 0 Å². The minimum Gasteiger partial charge on any atom is -0.430 e. The Kier molecular flexibility index (Phi) is 7.92. The van der Waals surface area contributed by atoms with E-state index in [1.807, 2.05) is 0 Å². The minimum absolute atomic E-state index is 0.393. The number of rotatable bonds is 9. The molecule has 0 spiro atoms. The summed E-state index contributed by atoms with van der Waals surface area (Å²) in [5.41, 5.74) is 0.393. The smallest absolute Gasteiger partial charge is 0.335 e. The molecule has 106 valence electrons. The molecule has 3 heteroatoms. The van der Waals surface area contributed by atoms with Crippen LogP contribution in [0.1, 0.15) is 60.3 Å². The summed E-state index contributed by atoms with van der Waals surface area (Å²) in [4.78, 5) is 11.4. The molecule has 0 N–H and O–H groups in total. The molecular formula is C15H28O3. The summed E-state index contributed by atoms with van der Waals surface area (Å²) in [5, 5.41) is 0. The van der Waals surface area contributed by atoms with E-state index in [4.69, 9.17) is 9.47 Å². The van der Waals surface area contributed by atoms with E-state index in [1.54, 1.807) is 20.8 Å². The number of hydrogen-bond acceptors (Lipinski definition) is 3. The molecule has 0 amide bonds. The standard InChI is InChI=1S/C15H28O3/c1-7-9-10-13(8-2)11-17-15(5,6)18-14(16)12(3)4/h13H,3,7-11H2,1-2,4-6H3. The molecule has 0 saturated carbocycles. The van der Waals surface area contributed by atoms with Gasteiger partial charge < -0.3 is 9.47 Å². The highest BCUT2D eigenvalue weighted by Gasteiger charge is 2.25. The van der Waals surface area contributed by atoms with Gasteiger partial charge in [-0.1, -0.05) is 39.7 Å². The van der Waals surface area contributed by atoms with Crippen molar-refractivity contribution in [1.82, 2.24) is 0 Å². The van der Waals surface area contributed by atoms with Gasteiger partial charge in [-0.3, -0.25) is 0 Å². The molecule has 0 aliphatic rings. The summed E-state index contributed by atoms with van der Waals surface area (Å²) in [5.74, 6) is -0.746. The van der Waals surface area contributed by atoms with Crippen molar-refractivity contribution in [2.75, 3.05) is 6.61 Å². The average molecular weight is 256 g/mol. The number of ether oxygens (including phenoxy) is 2. The minimum atomic E-state index is -0.879. The first-order chi connectivity index (χ1) is 8.32. The summed E-state index contributed by atoms with van der Waals surface area (Å²) in [6.07, 6.45) is 4.67. The monoisotopic (exact) mass is 256 g/mol. The quantitative estimate of drug-likeness (QED) is 0.354. The van der Waals surface area contributed by atoms with E-state index < -0.39 is 11.8 Å². The van der Waals surface area contributed by atoms with Crippen molar-refractivity contribution in [2.45, 2.75) is 66.1 Å². The van der Waals surface area contributed by atoms with Crippen LogP contribution in [-0.4, -0.2) is 18.4 Å². The van der Waals surface area contributed by atoms with E-state index in [0.29, 0.717) is 18.1 Å². The molecule has 0 aliphatic heterocycles. The van der Waals surface area contributed by atoms with E-state index in [0.717, 1.165) is 12.8 Å². The first-order valence-electron chi connectivity index (χ1n) is 6.85. The van der Waals surface area contributed by atoms with E-state index >= 15 is 0 Å². The maximum atomic E-state index is 11.4. The molecule has 0 aromatic rings. The second-order valence-corrected chi connectivity index (χ2v) is 5.30. The van der Waals surface area contributed by atoms with Gasteiger partial charge in [0, 0.05) is 19.4 Å². The molecule has 3 nitrogen and oxygen atoms in total. The summed E-state index contributed by atoms with van der Waals surface area (Å²) in [7, 11) is 0. The highest BCUT2D eigenvalue weighted by Crippen LogP contribution is 2.19. The molecule has 0 aromatic carbocycles. The van der Waals surface area contributed by atoms with E-state index in [2.05, 4.69) is 20.4 Å². The predicted octanol–water partition coefficient (Wildman–Crippen LogP) is 4.07. The Morgan fingerprint density at radius 1 is 1.33 bits per heavy atom. The molecule has 0 radical (unpaired) electrons. The Labute approximate surface area is 112 Å². The van der Waals surface area contributed by atoms with Crippen LogP contribution in [-0.2, 0) is 14.3 Å². The van der Waals surface area contributed by atoms with Crippen LogP contribution >= 0.6 is 0 Å². The average Bonchev–Trinajstić information content (AvgIpc) is 2.28. The van der Waals surface area contributed by atoms with E-state index in [-0.39, 0.29) is 0 Å². The maximum absolute atomic E-state index is 11.4. The zero-order chi connectivity index (χ0) is 14.2. The van der Waals surface area contributed by atoms with Crippen LogP contribution in [0.4, 0.5) is 0 Å². The third-order valence-electron chi connectivity index (χ3n) is 2.90. The van der Waals surface area contributed by atoms with Crippen LogP contribution in [0.25, 0.3) is 0 Å². The van der Waals surface area contributed by atoms with Crippen molar-refractivity contribution in [1.29, 1.82) is 0 Å². The van der Waals surface area contributed by atoms with Gasteiger partial charge in [-0.15, -0.1) is 0 Å². The van der Waals surface area contributed by atoms with Gasteiger partial charge in [0.2, 0.25) is 5.79 Å². The fraction of sp³-hybridized carbons (Fsp3) is 0.800. The van der Waals surface area contributed by atoms with Crippen LogP contribution in [0.2, 0.25) is 0 Å². The fourth-order valence-corrected chi connectivity index (χ4v) is 1.56. The lowest BCUT2D eigenvalue weighted by molar-refractivity contribution is -0.216. The topological polar surface area (TPSA) is 35.5 Å². The van der Waals surface area contributed by atoms with E-state index in [1.165, 1.54) is 12.8 Å². The van der Waals surface area contributed by atoms with Gasteiger partial charge >= 0.3 is 5.97 Å². The molecule has 0 heterocycles. The summed E-state index contributed by atoms with van der Waals surface area (Å²) < 4.78 is 11.0. The van der Waals surface area contributed by atoms with Gasteiger partial charge in [0.05, 0.1) is 6.61 Å². The molecule has 0 aliphatic carbocycles. The number of esters is 1. The fourth-order valence-electron chi connectivity index (χ4n) is 1.56. The van der Waals surface area contributed by atoms with Crippen LogP contribution in [0.3, 0.4) is 0 Å². The maximum Gasteiger partial charge on any atom is 0.335 e. The van der Waals surface area contributed by atoms with Gasteiger partial charge in [-0.25, -0.2) is 4.79 Å². The lowest BCUT2D eigenvalue weighted by Crippen LogP contribution is -2.33. The number of unbranched alkanes of at least 4 members (excludes halogenated alkanes) is 1. The Morgan fingerprint density at radius 3 is 2.39 bits per heavy atom. The predicted molar refractivity (Wildman–Crippen MR) is 74.2 cm³/mol. The highest BCUT2D eigenvalue weighted by molar-refractivity contribution is 5.87. The van der Waals surface area contributed by atoms with Gasteiger partial charge in [-0.05, 0) is 19.3 Å². The molecule has 1 unspecified atom stereocenters. The first-order valence-corrected chi connectivity index (χ1v) is 6.85. The van der Waals surface area contributed by atoms with Gasteiger partial charge in [0.15, 0.2) is 0 Å². The Balaban J connectivity index is 4.14. The molecule has 0 aromatic heterocycles. The largest absolute Gasteiger partial charge is 0.430 e. The van der Waals surface area contributed by atoms with Crippen LogP contribution in [0, 0.1) is 5.92 Å². The molecule has 18 heavy (non-hydrogen) atoms. The lowest BCUT2D eigenvalue weighted by atomic mass is 10.0. The third-order valence-corrected chi connectivity index (χ3v) is 2.90. The zero-order valence-corrected chi connectivity index (χ0v) is 12.5. The highest BCUT2D eigenvalue weighted by atomic mass is 16.7. The Bertz CT molecular complexity index is 269. The zero-order valence-electron chi connectivity index (χ0n) is 12.5.